The van der Waals surface area contributed by atoms with Gasteiger partial charge in [0.2, 0.25) is 17.7 Å². The topological polar surface area (TPSA) is 85.8 Å². The molecule has 3 aromatic heterocycles. The highest BCUT2D eigenvalue weighted by molar-refractivity contribution is 5.58. The molecule has 5 rings (SSSR count). The summed E-state index contributed by atoms with van der Waals surface area (Å²) < 4.78 is 7.37. The molecule has 0 spiro atoms. The fourth-order valence-corrected chi connectivity index (χ4v) is 3.68. The van der Waals surface area contributed by atoms with Gasteiger partial charge in [-0.15, -0.1) is 0 Å². The molecule has 29 heavy (non-hydrogen) atoms. The Bertz CT molecular complexity index is 1100. The van der Waals surface area contributed by atoms with Gasteiger partial charge in [0.15, 0.2) is 0 Å². The van der Waals surface area contributed by atoms with Crippen molar-refractivity contribution >= 4 is 5.95 Å². The Labute approximate surface area is 168 Å². The summed E-state index contributed by atoms with van der Waals surface area (Å²) in [6.07, 6.45) is 7.60. The molecule has 0 saturated carbocycles. The third kappa shape index (κ3) is 3.61. The number of benzene rings is 1. The molecule has 8 nitrogen and oxygen atoms in total. The maximum atomic E-state index is 5.60. The predicted molar refractivity (Wildman–Crippen MR) is 108 cm³/mol. The number of nitrogens with zero attached hydrogens (tertiary/aromatic N) is 7. The lowest BCUT2D eigenvalue weighted by molar-refractivity contribution is 0.332. The quantitative estimate of drug-likeness (QED) is 0.531. The fourth-order valence-electron chi connectivity index (χ4n) is 3.68. The van der Waals surface area contributed by atoms with Gasteiger partial charge in [0.05, 0.1) is 17.8 Å². The van der Waals surface area contributed by atoms with E-state index in [2.05, 4.69) is 25.1 Å². The van der Waals surface area contributed by atoms with Crippen LogP contribution in [0.25, 0.3) is 22.6 Å². The van der Waals surface area contributed by atoms with Gasteiger partial charge in [-0.3, -0.25) is 4.68 Å². The largest absolute Gasteiger partial charge is 0.340 e. The fraction of sp³-hybridized carbons (Fsp3) is 0.286. The molecular weight excluding hydrogens is 366 g/mol. The van der Waals surface area contributed by atoms with Crippen molar-refractivity contribution in [1.29, 1.82) is 0 Å². The number of aryl methyl sites for hydroxylation is 1. The van der Waals surface area contributed by atoms with Crippen LogP contribution in [0.3, 0.4) is 0 Å². The summed E-state index contributed by atoms with van der Waals surface area (Å²) in [5.41, 5.74) is 2.81. The van der Waals surface area contributed by atoms with E-state index in [1.165, 1.54) is 0 Å². The number of aromatic nitrogens is 6. The first-order valence-electron chi connectivity index (χ1n) is 9.72. The summed E-state index contributed by atoms with van der Waals surface area (Å²) >= 11 is 0. The van der Waals surface area contributed by atoms with Crippen molar-refractivity contribution in [2.45, 2.75) is 18.8 Å². The molecular formula is C21H21N7O. The Balaban J connectivity index is 1.36. The predicted octanol–water partition coefficient (Wildman–Crippen LogP) is 3.31. The van der Waals surface area contributed by atoms with Crippen LogP contribution in [-0.4, -0.2) is 43.0 Å². The number of piperidine rings is 1. The first-order chi connectivity index (χ1) is 14.3. The molecule has 4 aromatic rings. The van der Waals surface area contributed by atoms with Gasteiger partial charge in [-0.1, -0.05) is 35.5 Å². The molecule has 1 fully saturated rings. The van der Waals surface area contributed by atoms with Crippen molar-refractivity contribution in [3.63, 3.8) is 0 Å². The molecule has 0 N–H and O–H groups in total. The zero-order chi connectivity index (χ0) is 19.6. The van der Waals surface area contributed by atoms with Crippen molar-refractivity contribution in [2.75, 3.05) is 18.0 Å². The lowest BCUT2D eigenvalue weighted by atomic mass is 9.98. The van der Waals surface area contributed by atoms with Crippen molar-refractivity contribution in [1.82, 2.24) is 29.9 Å². The third-order valence-electron chi connectivity index (χ3n) is 5.17. The van der Waals surface area contributed by atoms with E-state index in [1.54, 1.807) is 10.9 Å². The smallest absolute Gasteiger partial charge is 0.231 e. The highest BCUT2D eigenvalue weighted by Gasteiger charge is 2.27. The minimum Gasteiger partial charge on any atom is -0.340 e. The van der Waals surface area contributed by atoms with Gasteiger partial charge in [0.1, 0.15) is 0 Å². The van der Waals surface area contributed by atoms with Crippen LogP contribution >= 0.6 is 0 Å². The molecule has 1 atom stereocenters. The second-order valence-corrected chi connectivity index (χ2v) is 7.25. The van der Waals surface area contributed by atoms with Gasteiger partial charge in [-0.25, -0.2) is 9.97 Å². The number of anilines is 1. The molecule has 1 unspecified atom stereocenters. The molecule has 0 amide bonds. The highest BCUT2D eigenvalue weighted by Crippen LogP contribution is 2.29. The third-order valence-corrected chi connectivity index (χ3v) is 5.17. The maximum Gasteiger partial charge on any atom is 0.231 e. The first-order valence-corrected chi connectivity index (χ1v) is 9.72. The summed E-state index contributed by atoms with van der Waals surface area (Å²) in [6, 6.07) is 11.8. The van der Waals surface area contributed by atoms with E-state index in [4.69, 9.17) is 9.51 Å². The van der Waals surface area contributed by atoms with E-state index in [-0.39, 0.29) is 5.92 Å². The second-order valence-electron chi connectivity index (χ2n) is 7.25. The summed E-state index contributed by atoms with van der Waals surface area (Å²) in [7, 11) is 1.90. The Morgan fingerprint density at radius 1 is 1.07 bits per heavy atom. The summed E-state index contributed by atoms with van der Waals surface area (Å²) in [6.45, 7) is 1.67. The number of hydrogen-bond donors (Lipinski definition) is 0. The minimum absolute atomic E-state index is 0.166. The molecule has 4 heterocycles. The normalized spacial score (nSPS) is 16.9. The van der Waals surface area contributed by atoms with Crippen LogP contribution in [0.15, 0.2) is 59.5 Å². The maximum absolute atomic E-state index is 5.60. The molecule has 0 bridgehead atoms. The number of rotatable bonds is 4. The summed E-state index contributed by atoms with van der Waals surface area (Å²) in [5.74, 6) is 2.20. The van der Waals surface area contributed by atoms with E-state index in [9.17, 15) is 0 Å². The molecule has 1 saturated heterocycles. The van der Waals surface area contributed by atoms with E-state index in [1.807, 2.05) is 55.8 Å². The van der Waals surface area contributed by atoms with Gasteiger partial charge in [-0.05, 0) is 18.9 Å². The van der Waals surface area contributed by atoms with Gasteiger partial charge >= 0.3 is 0 Å². The van der Waals surface area contributed by atoms with E-state index in [0.717, 1.165) is 48.7 Å². The van der Waals surface area contributed by atoms with Gasteiger partial charge in [0.25, 0.3) is 0 Å². The van der Waals surface area contributed by atoms with E-state index in [0.29, 0.717) is 11.7 Å². The van der Waals surface area contributed by atoms with Gasteiger partial charge < -0.3 is 9.42 Å². The van der Waals surface area contributed by atoms with Crippen LogP contribution in [0.5, 0.6) is 0 Å². The van der Waals surface area contributed by atoms with Crippen molar-refractivity contribution in [2.24, 2.45) is 7.05 Å². The van der Waals surface area contributed by atoms with Crippen LogP contribution in [-0.2, 0) is 7.05 Å². The zero-order valence-electron chi connectivity index (χ0n) is 16.1. The van der Waals surface area contributed by atoms with Gasteiger partial charge in [-0.2, -0.15) is 10.1 Å². The Kier molecular flexibility index (Phi) is 4.51. The molecule has 0 aliphatic carbocycles. The summed E-state index contributed by atoms with van der Waals surface area (Å²) in [4.78, 5) is 16.1. The van der Waals surface area contributed by atoms with E-state index < -0.39 is 0 Å². The lowest BCUT2D eigenvalue weighted by Crippen LogP contribution is -2.35. The van der Waals surface area contributed by atoms with Crippen LogP contribution in [0.1, 0.15) is 24.7 Å². The Morgan fingerprint density at radius 3 is 2.79 bits per heavy atom. The monoisotopic (exact) mass is 387 g/mol. The SMILES string of the molecule is Cn1cc(-c2ccnc(N3CCCC(c4nc(-c5ccccc5)no4)C3)n2)cn1. The molecule has 1 aliphatic rings. The van der Waals surface area contributed by atoms with Crippen LogP contribution in [0.2, 0.25) is 0 Å². The Morgan fingerprint density at radius 2 is 1.97 bits per heavy atom. The molecule has 1 aromatic carbocycles. The van der Waals surface area contributed by atoms with Crippen molar-refractivity contribution in [3.05, 3.63) is 60.9 Å². The van der Waals surface area contributed by atoms with Crippen LogP contribution in [0.4, 0.5) is 5.95 Å². The zero-order valence-corrected chi connectivity index (χ0v) is 16.1. The van der Waals surface area contributed by atoms with Gasteiger partial charge in [0, 0.05) is 43.7 Å². The average molecular weight is 387 g/mol. The van der Waals surface area contributed by atoms with E-state index >= 15 is 0 Å². The van der Waals surface area contributed by atoms with Crippen molar-refractivity contribution < 1.29 is 4.52 Å². The molecule has 1 aliphatic heterocycles. The lowest BCUT2D eigenvalue weighted by Gasteiger charge is -2.31. The number of hydrogen-bond acceptors (Lipinski definition) is 7. The molecule has 8 heteroatoms. The van der Waals surface area contributed by atoms with Crippen LogP contribution in [0, 0.1) is 0 Å². The molecule has 146 valence electrons. The standard InChI is InChI=1S/C21H21N7O/c1-27-13-17(12-23-27)18-9-10-22-21(24-18)28-11-5-8-16(14-28)20-25-19(26-29-20)15-6-3-2-4-7-15/h2-4,6-7,9-10,12-13,16H,5,8,11,14H2,1H3. The second kappa shape index (κ2) is 7.46. The molecule has 0 radical (unpaired) electrons. The summed E-state index contributed by atoms with van der Waals surface area (Å²) in [5, 5.41) is 8.40. The van der Waals surface area contributed by atoms with Crippen molar-refractivity contribution in [3.8, 4) is 22.6 Å². The van der Waals surface area contributed by atoms with Crippen LogP contribution < -0.4 is 4.90 Å². The first kappa shape index (κ1) is 17.5. The Hall–Kier alpha value is -3.55. The average Bonchev–Trinajstić information content (AvgIpc) is 3.44. The minimum atomic E-state index is 0.166. The highest BCUT2D eigenvalue weighted by atomic mass is 16.5.